The molecule has 0 saturated heterocycles. The van der Waals surface area contributed by atoms with Crippen molar-refractivity contribution in [2.24, 2.45) is 11.3 Å². The van der Waals surface area contributed by atoms with Crippen molar-refractivity contribution in [1.29, 1.82) is 0 Å². The summed E-state index contributed by atoms with van der Waals surface area (Å²) in [7, 11) is 0. The van der Waals surface area contributed by atoms with E-state index in [1.165, 1.54) is 32.1 Å². The number of aliphatic hydroxyl groups is 1. The van der Waals surface area contributed by atoms with Gasteiger partial charge in [0.2, 0.25) is 0 Å². The van der Waals surface area contributed by atoms with Gasteiger partial charge in [-0.1, -0.05) is 53.4 Å². The molecule has 0 bridgehead atoms. The fourth-order valence-electron chi connectivity index (χ4n) is 1.73. The second-order valence-corrected chi connectivity index (χ2v) is 5.78. The molecule has 14 heavy (non-hydrogen) atoms. The van der Waals surface area contributed by atoms with Crippen LogP contribution in [0.25, 0.3) is 0 Å². The van der Waals surface area contributed by atoms with Gasteiger partial charge in [0, 0.05) is 6.61 Å². The quantitative estimate of drug-likeness (QED) is 0.616. The van der Waals surface area contributed by atoms with E-state index in [4.69, 9.17) is 5.11 Å². The molecule has 0 heterocycles. The van der Waals surface area contributed by atoms with Crippen molar-refractivity contribution in [3.63, 3.8) is 0 Å². The summed E-state index contributed by atoms with van der Waals surface area (Å²) in [6.45, 7) is 9.62. The molecule has 0 aliphatic rings. The van der Waals surface area contributed by atoms with Gasteiger partial charge in [0.15, 0.2) is 0 Å². The Hall–Kier alpha value is -0.0400. The standard InChI is InChI=1S/C13H28O/c1-12(8-5-6-11-14)9-7-10-13(2,3)4/h12,14H,5-11H2,1-4H3. The summed E-state index contributed by atoms with van der Waals surface area (Å²) >= 11 is 0. The topological polar surface area (TPSA) is 20.2 Å². The number of hydrogen-bond acceptors (Lipinski definition) is 1. The Balaban J connectivity index is 3.31. The molecule has 0 aromatic rings. The largest absolute Gasteiger partial charge is 0.396 e. The Morgan fingerprint density at radius 2 is 1.57 bits per heavy atom. The van der Waals surface area contributed by atoms with Gasteiger partial charge in [0.1, 0.15) is 0 Å². The molecule has 0 fully saturated rings. The first-order chi connectivity index (χ1) is 6.45. The summed E-state index contributed by atoms with van der Waals surface area (Å²) < 4.78 is 0. The SMILES string of the molecule is CC(CCCCO)CCCC(C)(C)C. The van der Waals surface area contributed by atoms with Crippen molar-refractivity contribution in [2.45, 2.75) is 66.2 Å². The molecule has 0 aliphatic heterocycles. The summed E-state index contributed by atoms with van der Waals surface area (Å²) in [5.41, 5.74) is 0.491. The lowest BCUT2D eigenvalue weighted by atomic mass is 9.87. The Kier molecular flexibility index (Phi) is 7.26. The first-order valence-corrected chi connectivity index (χ1v) is 6.06. The van der Waals surface area contributed by atoms with E-state index in [-0.39, 0.29) is 0 Å². The molecule has 0 spiro atoms. The van der Waals surface area contributed by atoms with E-state index in [1.54, 1.807) is 0 Å². The molecule has 1 atom stereocenters. The second-order valence-electron chi connectivity index (χ2n) is 5.78. The minimum absolute atomic E-state index is 0.356. The van der Waals surface area contributed by atoms with Gasteiger partial charge in [0.05, 0.1) is 0 Å². The third kappa shape index (κ3) is 10.0. The summed E-state index contributed by atoms with van der Waals surface area (Å²) in [6.07, 6.45) is 7.48. The highest BCUT2D eigenvalue weighted by atomic mass is 16.2. The zero-order chi connectivity index (χ0) is 11.0. The third-order valence-corrected chi connectivity index (χ3v) is 2.73. The lowest BCUT2D eigenvalue weighted by molar-refractivity contribution is 0.275. The van der Waals surface area contributed by atoms with E-state index >= 15 is 0 Å². The van der Waals surface area contributed by atoms with Gasteiger partial charge in [-0.05, 0) is 24.2 Å². The molecule has 1 heteroatoms. The summed E-state index contributed by atoms with van der Waals surface area (Å²) in [4.78, 5) is 0. The fraction of sp³-hybridized carbons (Fsp3) is 1.00. The van der Waals surface area contributed by atoms with Crippen molar-refractivity contribution >= 4 is 0 Å². The molecule has 1 N–H and O–H groups in total. The molecular weight excluding hydrogens is 172 g/mol. The van der Waals surface area contributed by atoms with E-state index < -0.39 is 0 Å². The first kappa shape index (κ1) is 14.0. The second kappa shape index (κ2) is 7.28. The average molecular weight is 200 g/mol. The zero-order valence-corrected chi connectivity index (χ0v) is 10.5. The smallest absolute Gasteiger partial charge is 0.0431 e. The van der Waals surface area contributed by atoms with Crippen molar-refractivity contribution in [3.8, 4) is 0 Å². The van der Waals surface area contributed by atoms with Crippen LogP contribution in [0.15, 0.2) is 0 Å². The van der Waals surface area contributed by atoms with Gasteiger partial charge in [-0.3, -0.25) is 0 Å². The minimum Gasteiger partial charge on any atom is -0.396 e. The monoisotopic (exact) mass is 200 g/mol. The van der Waals surface area contributed by atoms with Crippen LogP contribution in [0.1, 0.15) is 66.2 Å². The summed E-state index contributed by atoms with van der Waals surface area (Å²) in [5.74, 6) is 0.837. The van der Waals surface area contributed by atoms with Crippen LogP contribution in [-0.4, -0.2) is 11.7 Å². The summed E-state index contributed by atoms with van der Waals surface area (Å²) in [6, 6.07) is 0. The fourth-order valence-corrected chi connectivity index (χ4v) is 1.73. The van der Waals surface area contributed by atoms with E-state index in [0.717, 1.165) is 12.3 Å². The highest BCUT2D eigenvalue weighted by Crippen LogP contribution is 2.24. The van der Waals surface area contributed by atoms with E-state index in [9.17, 15) is 0 Å². The molecule has 86 valence electrons. The first-order valence-electron chi connectivity index (χ1n) is 6.06. The molecular formula is C13H28O. The average Bonchev–Trinajstić information content (AvgIpc) is 2.02. The lowest BCUT2D eigenvalue weighted by Gasteiger charge is -2.19. The Bertz CT molecular complexity index is 124. The molecule has 0 amide bonds. The maximum Gasteiger partial charge on any atom is 0.0431 e. The number of aliphatic hydroxyl groups excluding tert-OH is 1. The van der Waals surface area contributed by atoms with E-state index in [1.807, 2.05) is 0 Å². The molecule has 0 aliphatic carbocycles. The van der Waals surface area contributed by atoms with Crippen molar-refractivity contribution in [2.75, 3.05) is 6.61 Å². The van der Waals surface area contributed by atoms with Crippen LogP contribution in [0, 0.1) is 11.3 Å². The van der Waals surface area contributed by atoms with Crippen molar-refractivity contribution in [1.82, 2.24) is 0 Å². The summed E-state index contributed by atoms with van der Waals surface area (Å²) in [5, 5.41) is 8.66. The van der Waals surface area contributed by atoms with Gasteiger partial charge in [-0.15, -0.1) is 0 Å². The highest BCUT2D eigenvalue weighted by Gasteiger charge is 2.10. The van der Waals surface area contributed by atoms with Crippen LogP contribution in [-0.2, 0) is 0 Å². The van der Waals surface area contributed by atoms with Crippen LogP contribution >= 0.6 is 0 Å². The van der Waals surface area contributed by atoms with Crippen molar-refractivity contribution in [3.05, 3.63) is 0 Å². The van der Waals surface area contributed by atoms with E-state index in [0.29, 0.717) is 12.0 Å². The molecule has 0 rings (SSSR count). The molecule has 1 nitrogen and oxygen atoms in total. The van der Waals surface area contributed by atoms with Crippen LogP contribution in [0.4, 0.5) is 0 Å². The van der Waals surface area contributed by atoms with Crippen molar-refractivity contribution < 1.29 is 5.11 Å². The predicted molar refractivity (Wildman–Crippen MR) is 63.4 cm³/mol. The van der Waals surface area contributed by atoms with Gasteiger partial charge in [-0.2, -0.15) is 0 Å². The minimum atomic E-state index is 0.356. The molecule has 0 aromatic carbocycles. The normalized spacial score (nSPS) is 14.4. The Morgan fingerprint density at radius 1 is 1.00 bits per heavy atom. The number of rotatable bonds is 7. The van der Waals surface area contributed by atoms with Crippen LogP contribution in [0.2, 0.25) is 0 Å². The molecule has 1 unspecified atom stereocenters. The Labute approximate surface area is 89.9 Å². The number of hydrogen-bond donors (Lipinski definition) is 1. The lowest BCUT2D eigenvalue weighted by Crippen LogP contribution is -2.05. The van der Waals surface area contributed by atoms with Gasteiger partial charge < -0.3 is 5.11 Å². The Morgan fingerprint density at radius 3 is 2.07 bits per heavy atom. The van der Waals surface area contributed by atoms with Gasteiger partial charge >= 0.3 is 0 Å². The molecule has 0 radical (unpaired) electrons. The van der Waals surface area contributed by atoms with E-state index in [2.05, 4.69) is 27.7 Å². The van der Waals surface area contributed by atoms with Crippen LogP contribution in [0.5, 0.6) is 0 Å². The van der Waals surface area contributed by atoms with Gasteiger partial charge in [-0.25, -0.2) is 0 Å². The predicted octanol–water partition coefficient (Wildman–Crippen LogP) is 4.00. The maximum atomic E-state index is 8.66. The maximum absolute atomic E-state index is 8.66. The number of unbranched alkanes of at least 4 members (excludes halogenated alkanes) is 1. The molecule has 0 saturated carbocycles. The van der Waals surface area contributed by atoms with Crippen LogP contribution in [0.3, 0.4) is 0 Å². The molecule has 0 aromatic heterocycles. The zero-order valence-electron chi connectivity index (χ0n) is 10.5. The van der Waals surface area contributed by atoms with Gasteiger partial charge in [0.25, 0.3) is 0 Å². The third-order valence-electron chi connectivity index (χ3n) is 2.73. The van der Waals surface area contributed by atoms with Crippen LogP contribution < -0.4 is 0 Å². The highest BCUT2D eigenvalue weighted by molar-refractivity contribution is 4.63.